The number of sulfonamides is 1. The Morgan fingerprint density at radius 2 is 1.62 bits per heavy atom. The molecule has 364 valence electrons. The molecule has 2 unspecified atom stereocenters. The van der Waals surface area contributed by atoms with Gasteiger partial charge in [-0.15, -0.1) is 24.0 Å². The highest BCUT2D eigenvalue weighted by atomic mass is 127. The largest absolute Gasteiger partial charge is 0.497 e. The lowest BCUT2D eigenvalue weighted by atomic mass is 10.0. The van der Waals surface area contributed by atoms with Crippen molar-refractivity contribution in [3.63, 3.8) is 0 Å². The van der Waals surface area contributed by atoms with Crippen molar-refractivity contribution in [2.24, 2.45) is 11.8 Å². The average Bonchev–Trinajstić information content (AvgIpc) is 3.89. The average molecular weight is 1070 g/mol. The van der Waals surface area contributed by atoms with Gasteiger partial charge in [-0.05, 0) is 92.8 Å². The molecule has 2 aliphatic rings. The van der Waals surface area contributed by atoms with Gasteiger partial charge in [0, 0.05) is 13.1 Å². The molecule has 7 atom stereocenters. The summed E-state index contributed by atoms with van der Waals surface area (Å²) in [5, 5.41) is 23.9. The molecule has 18 nitrogen and oxygen atoms in total. The van der Waals surface area contributed by atoms with E-state index in [0.29, 0.717) is 24.3 Å². The highest BCUT2D eigenvalue weighted by Gasteiger charge is 2.44. The standard InChI is InChI=1S/C41H53N2O16PS.C2H6.CH4.HI/c1-6-53-39(47)27(4)58-60(49,59-32-9-7-8-29(21-32)38(45)46)25-56-31-12-10-28(11-13-31)20-35(42-41(48)57-37-24-55-40-34(37)18-19-54-40)36(44)23-43(22-26(2)3)61(50,51)33-16-14-30(52-5)15-17-33;1-2;;/h7-17,21,26-27,34-37,40,44H,6,18-20,22-25H2,1-5H3,(H,42,48)(H,45,46);1-2H3;1H4;1H/t27?,34-,35-,36+,37-,40+,60?;;;/m0.../s1. The fourth-order valence-corrected chi connectivity index (χ4v) is 9.75. The number of carboxylic acid groups (broad SMARTS) is 1. The van der Waals surface area contributed by atoms with Gasteiger partial charge in [0.25, 0.3) is 0 Å². The van der Waals surface area contributed by atoms with E-state index in [2.05, 4.69) is 5.32 Å². The van der Waals surface area contributed by atoms with E-state index in [1.807, 2.05) is 27.7 Å². The van der Waals surface area contributed by atoms with Crippen LogP contribution in [0.25, 0.3) is 0 Å². The van der Waals surface area contributed by atoms with Crippen molar-refractivity contribution in [3.05, 3.63) is 83.9 Å². The van der Waals surface area contributed by atoms with Crippen molar-refractivity contribution in [1.29, 1.82) is 0 Å². The van der Waals surface area contributed by atoms with Gasteiger partial charge in [0.1, 0.15) is 23.4 Å². The number of esters is 1. The fraction of sp³-hybridized carbons (Fsp3) is 0.523. The summed E-state index contributed by atoms with van der Waals surface area (Å²) in [5.74, 6) is -1.76. The first-order valence-corrected chi connectivity index (χ1v) is 23.9. The van der Waals surface area contributed by atoms with E-state index in [-0.39, 0.29) is 97.9 Å². The number of carbonyl (C=O) groups is 3. The molecule has 21 heteroatoms. The zero-order valence-corrected chi connectivity index (χ0v) is 41.0. The summed E-state index contributed by atoms with van der Waals surface area (Å²) in [6, 6.07) is 16.4. The number of hydrogen-bond donors (Lipinski definition) is 3. The Kier molecular flexibility index (Phi) is 23.7. The van der Waals surface area contributed by atoms with E-state index < -0.39 is 72.6 Å². The number of carbonyl (C=O) groups excluding carboxylic acids is 2. The predicted molar refractivity (Wildman–Crippen MR) is 252 cm³/mol. The second kappa shape index (κ2) is 27.0. The molecule has 3 N–H and O–H groups in total. The molecule has 0 saturated carbocycles. The number of methoxy groups -OCH3 is 1. The number of aliphatic hydroxyl groups excluding tert-OH is 1. The minimum absolute atomic E-state index is 0. The van der Waals surface area contributed by atoms with Gasteiger partial charge < -0.3 is 48.5 Å². The molecular formula is C44H64IN2O16PS. The summed E-state index contributed by atoms with van der Waals surface area (Å²) in [4.78, 5) is 37.3. The maximum Gasteiger partial charge on any atom is 0.417 e. The second-order valence-electron chi connectivity index (χ2n) is 14.8. The third-order valence-corrected chi connectivity index (χ3v) is 13.1. The Balaban J connectivity index is 0.00000358. The molecule has 2 aliphatic heterocycles. The molecule has 3 aromatic rings. The maximum atomic E-state index is 14.0. The van der Waals surface area contributed by atoms with Crippen LogP contribution in [0, 0.1) is 11.8 Å². The van der Waals surface area contributed by atoms with Crippen LogP contribution in [-0.4, -0.2) is 118 Å². The lowest BCUT2D eigenvalue weighted by molar-refractivity contribution is -0.150. The zero-order valence-electron chi connectivity index (χ0n) is 36.9. The monoisotopic (exact) mass is 1070 g/mol. The van der Waals surface area contributed by atoms with Gasteiger partial charge in [-0.25, -0.2) is 27.4 Å². The third kappa shape index (κ3) is 16.7. The van der Waals surface area contributed by atoms with Crippen LogP contribution in [0.4, 0.5) is 4.79 Å². The van der Waals surface area contributed by atoms with E-state index in [1.54, 1.807) is 19.1 Å². The first-order chi connectivity index (χ1) is 30.0. The quantitative estimate of drug-likeness (QED) is 0.0507. The van der Waals surface area contributed by atoms with Crippen molar-refractivity contribution >= 4 is 59.6 Å². The SMILES string of the molecule is C.CC.CCOC(=O)C(C)OP(=O)(COc1ccc(C[C@H](NC(=O)O[C@H]2CO[C@H]3OCC[C@H]32)[C@H](O)CN(CC(C)C)S(=O)(=O)c2ccc(OC)cc2)cc1)Oc1cccc(C(=O)O)c1.I. The molecule has 2 saturated heterocycles. The number of halogens is 1. The van der Waals surface area contributed by atoms with Gasteiger partial charge in [0.05, 0.1) is 55.5 Å². The molecule has 0 bridgehead atoms. The van der Waals surface area contributed by atoms with Crippen LogP contribution >= 0.6 is 31.6 Å². The van der Waals surface area contributed by atoms with Crippen molar-refractivity contribution in [2.75, 3.05) is 46.4 Å². The van der Waals surface area contributed by atoms with Crippen LogP contribution in [0.2, 0.25) is 0 Å². The topological polar surface area (TPSA) is 232 Å². The van der Waals surface area contributed by atoms with Crippen molar-refractivity contribution in [3.8, 4) is 17.2 Å². The van der Waals surface area contributed by atoms with E-state index in [0.717, 1.165) is 6.07 Å². The Morgan fingerprint density at radius 3 is 2.23 bits per heavy atom. The highest BCUT2D eigenvalue weighted by molar-refractivity contribution is 14.0. The molecule has 0 spiro atoms. The maximum absolute atomic E-state index is 14.0. The first-order valence-electron chi connectivity index (χ1n) is 20.7. The van der Waals surface area contributed by atoms with Crippen LogP contribution in [0.1, 0.15) is 71.3 Å². The van der Waals surface area contributed by atoms with Crippen molar-refractivity contribution in [2.45, 2.75) is 97.3 Å². The number of rotatable bonds is 22. The number of nitrogens with one attached hydrogen (secondary N) is 1. The van der Waals surface area contributed by atoms with Gasteiger partial charge in [0.2, 0.25) is 16.4 Å². The third-order valence-electron chi connectivity index (χ3n) is 9.70. The summed E-state index contributed by atoms with van der Waals surface area (Å²) in [7, 11) is -6.97. The Bertz CT molecular complexity index is 2110. The summed E-state index contributed by atoms with van der Waals surface area (Å²) in [6.45, 7) is 10.9. The Morgan fingerprint density at radius 1 is 0.954 bits per heavy atom. The van der Waals surface area contributed by atoms with Gasteiger partial charge in [0.15, 0.2) is 12.4 Å². The summed E-state index contributed by atoms with van der Waals surface area (Å²) in [6.07, 6.45) is -4.70. The molecule has 2 heterocycles. The number of benzene rings is 3. The molecule has 65 heavy (non-hydrogen) atoms. The van der Waals surface area contributed by atoms with Crippen LogP contribution in [0.5, 0.6) is 17.2 Å². The van der Waals surface area contributed by atoms with Gasteiger partial charge in [-0.3, -0.25) is 4.52 Å². The van der Waals surface area contributed by atoms with Gasteiger partial charge in [-0.1, -0.05) is 53.3 Å². The molecule has 3 aromatic carbocycles. The van der Waals surface area contributed by atoms with Crippen LogP contribution < -0.4 is 19.3 Å². The molecule has 0 aliphatic carbocycles. The lowest BCUT2D eigenvalue weighted by Crippen LogP contribution is -2.51. The number of alkyl carbamates (subject to hydrolysis) is 1. The van der Waals surface area contributed by atoms with E-state index >= 15 is 0 Å². The molecule has 2 fully saturated rings. The summed E-state index contributed by atoms with van der Waals surface area (Å²) >= 11 is 0. The molecule has 1 amide bonds. The first kappa shape index (κ1) is 57.1. The molecule has 0 aromatic heterocycles. The van der Waals surface area contributed by atoms with Crippen molar-refractivity contribution < 1.29 is 75.0 Å². The molecular weight excluding hydrogens is 1000 g/mol. The minimum Gasteiger partial charge on any atom is -0.497 e. The van der Waals surface area contributed by atoms with Crippen LogP contribution in [-0.2, 0) is 49.3 Å². The number of fused-ring (bicyclic) bond motifs is 1. The lowest BCUT2D eigenvalue weighted by Gasteiger charge is -2.31. The van der Waals surface area contributed by atoms with E-state index in [1.165, 1.54) is 72.9 Å². The smallest absolute Gasteiger partial charge is 0.417 e. The Hall–Kier alpha value is -4.02. The summed E-state index contributed by atoms with van der Waals surface area (Å²) in [5.41, 5.74) is 0.442. The fourth-order valence-electron chi connectivity index (χ4n) is 6.66. The number of aromatic carboxylic acids is 1. The predicted octanol–water partition coefficient (Wildman–Crippen LogP) is 7.36. The number of carboxylic acids is 1. The normalized spacial score (nSPS) is 18.8. The number of ether oxygens (including phenoxy) is 6. The van der Waals surface area contributed by atoms with Gasteiger partial charge >= 0.3 is 25.6 Å². The van der Waals surface area contributed by atoms with E-state index in [4.69, 9.17) is 37.5 Å². The zero-order chi connectivity index (χ0) is 46.3. The Labute approximate surface area is 399 Å². The van der Waals surface area contributed by atoms with Crippen LogP contribution in [0.3, 0.4) is 0 Å². The highest BCUT2D eigenvalue weighted by Crippen LogP contribution is 2.50. The van der Waals surface area contributed by atoms with Gasteiger partial charge in [-0.2, -0.15) is 4.31 Å². The minimum atomic E-state index is -4.33. The molecule has 5 rings (SSSR count). The second-order valence-corrected chi connectivity index (χ2v) is 18.6. The summed E-state index contributed by atoms with van der Waals surface area (Å²) < 4.78 is 87.0. The number of hydrogen-bond acceptors (Lipinski definition) is 15. The molecule has 0 radical (unpaired) electrons. The number of nitrogens with zero attached hydrogens (tertiary/aromatic N) is 1. The number of aliphatic hydroxyl groups is 1. The van der Waals surface area contributed by atoms with Crippen LogP contribution in [0.15, 0.2) is 77.7 Å². The van der Waals surface area contributed by atoms with Crippen molar-refractivity contribution in [1.82, 2.24) is 9.62 Å². The van der Waals surface area contributed by atoms with E-state index in [9.17, 15) is 37.6 Å². The number of amides is 1.